The number of aliphatic hydroxyl groups is 1. The van der Waals surface area contributed by atoms with E-state index in [0.29, 0.717) is 19.0 Å². The Kier molecular flexibility index (Phi) is 5.62. The topological polar surface area (TPSA) is 52.6 Å². The highest BCUT2D eigenvalue weighted by Gasteiger charge is 2.23. The molecule has 2 unspecified atom stereocenters. The predicted octanol–water partition coefficient (Wildman–Crippen LogP) is 2.51. The summed E-state index contributed by atoms with van der Waals surface area (Å²) in [6.45, 7) is 6.47. The van der Waals surface area contributed by atoms with Crippen LogP contribution < -0.4 is 5.32 Å². The van der Waals surface area contributed by atoms with E-state index in [0.717, 1.165) is 19.4 Å². The molecule has 0 aromatic heterocycles. The summed E-state index contributed by atoms with van der Waals surface area (Å²) in [7, 11) is 0. The van der Waals surface area contributed by atoms with Gasteiger partial charge in [0.1, 0.15) is 0 Å². The monoisotopic (exact) mass is 290 g/mol. The van der Waals surface area contributed by atoms with Gasteiger partial charge in [0.25, 0.3) is 0 Å². The molecule has 1 aliphatic rings. The number of nitrogens with zero attached hydrogens (tertiary/aromatic N) is 1. The molecule has 1 heterocycles. The van der Waals surface area contributed by atoms with Crippen LogP contribution in [-0.2, 0) is 0 Å². The lowest BCUT2D eigenvalue weighted by molar-refractivity contribution is 0.129. The molecule has 1 saturated heterocycles. The van der Waals surface area contributed by atoms with Gasteiger partial charge in [-0.3, -0.25) is 0 Å². The molecule has 116 valence electrons. The second-order valence-corrected chi connectivity index (χ2v) is 6.13. The van der Waals surface area contributed by atoms with Gasteiger partial charge in [-0.15, -0.1) is 0 Å². The van der Waals surface area contributed by atoms with Crippen LogP contribution in [-0.4, -0.2) is 42.3 Å². The first-order chi connectivity index (χ1) is 10.1. The van der Waals surface area contributed by atoms with Crippen LogP contribution in [0.4, 0.5) is 4.79 Å². The molecule has 2 amide bonds. The summed E-state index contributed by atoms with van der Waals surface area (Å²) in [5, 5.41) is 12.2. The average molecular weight is 290 g/mol. The van der Waals surface area contributed by atoms with E-state index in [1.807, 2.05) is 4.90 Å². The number of piperidine rings is 1. The summed E-state index contributed by atoms with van der Waals surface area (Å²) in [5.74, 6) is 0.534. The Labute approximate surface area is 127 Å². The molecule has 1 aromatic rings. The molecule has 2 N–H and O–H groups in total. The SMILES string of the molecule is Cc1ccc(C(C)CNC(=O)N2CCCC(CO)C2)cc1. The number of benzene rings is 1. The normalized spacial score (nSPS) is 20.1. The smallest absolute Gasteiger partial charge is 0.317 e. The molecular formula is C17H26N2O2. The quantitative estimate of drug-likeness (QED) is 0.895. The fraction of sp³-hybridized carbons (Fsp3) is 0.588. The van der Waals surface area contributed by atoms with Crippen molar-refractivity contribution in [1.82, 2.24) is 10.2 Å². The van der Waals surface area contributed by atoms with Crippen LogP contribution in [0.3, 0.4) is 0 Å². The van der Waals surface area contributed by atoms with E-state index in [2.05, 4.69) is 43.4 Å². The van der Waals surface area contributed by atoms with Crippen molar-refractivity contribution in [2.24, 2.45) is 5.92 Å². The zero-order valence-electron chi connectivity index (χ0n) is 13.0. The molecule has 0 bridgehead atoms. The van der Waals surface area contributed by atoms with Crippen LogP contribution in [0.2, 0.25) is 0 Å². The molecule has 4 heteroatoms. The third-order valence-electron chi connectivity index (χ3n) is 4.27. The number of rotatable bonds is 4. The lowest BCUT2D eigenvalue weighted by atomic mass is 9.99. The summed E-state index contributed by atoms with van der Waals surface area (Å²) >= 11 is 0. The number of aryl methyl sites for hydroxylation is 1. The third kappa shape index (κ3) is 4.46. The van der Waals surface area contributed by atoms with Crippen molar-refractivity contribution in [3.63, 3.8) is 0 Å². The highest BCUT2D eigenvalue weighted by molar-refractivity contribution is 5.74. The first-order valence-electron chi connectivity index (χ1n) is 7.80. The summed E-state index contributed by atoms with van der Waals surface area (Å²) in [4.78, 5) is 14.0. The Balaban J connectivity index is 1.81. The molecule has 0 spiro atoms. The van der Waals surface area contributed by atoms with Gasteiger partial charge in [-0.25, -0.2) is 4.79 Å². The van der Waals surface area contributed by atoms with Crippen LogP contribution >= 0.6 is 0 Å². The van der Waals surface area contributed by atoms with E-state index in [9.17, 15) is 9.90 Å². The standard InChI is InChI=1S/C17H26N2O2/c1-13-5-7-16(8-6-13)14(2)10-18-17(21)19-9-3-4-15(11-19)12-20/h5-8,14-15,20H,3-4,9-12H2,1-2H3,(H,18,21). The highest BCUT2D eigenvalue weighted by Crippen LogP contribution is 2.17. The number of carbonyl (C=O) groups excluding carboxylic acids is 1. The van der Waals surface area contributed by atoms with E-state index < -0.39 is 0 Å². The van der Waals surface area contributed by atoms with Crippen molar-refractivity contribution in [2.45, 2.75) is 32.6 Å². The van der Waals surface area contributed by atoms with Gasteiger partial charge in [-0.1, -0.05) is 36.8 Å². The van der Waals surface area contributed by atoms with Gasteiger partial charge in [0, 0.05) is 26.2 Å². The molecule has 2 rings (SSSR count). The molecule has 0 radical (unpaired) electrons. The van der Waals surface area contributed by atoms with Crippen LogP contribution in [0.25, 0.3) is 0 Å². The maximum absolute atomic E-state index is 12.2. The minimum absolute atomic E-state index is 0.00730. The molecule has 21 heavy (non-hydrogen) atoms. The van der Waals surface area contributed by atoms with E-state index in [1.54, 1.807) is 0 Å². The molecule has 1 fully saturated rings. The maximum atomic E-state index is 12.2. The van der Waals surface area contributed by atoms with E-state index in [1.165, 1.54) is 11.1 Å². The van der Waals surface area contributed by atoms with Gasteiger partial charge in [0.15, 0.2) is 0 Å². The van der Waals surface area contributed by atoms with Gasteiger partial charge in [-0.05, 0) is 37.2 Å². The Hall–Kier alpha value is -1.55. The van der Waals surface area contributed by atoms with Crippen molar-refractivity contribution in [3.8, 4) is 0 Å². The van der Waals surface area contributed by atoms with E-state index in [4.69, 9.17) is 0 Å². The lowest BCUT2D eigenvalue weighted by Gasteiger charge is -2.32. The number of carbonyl (C=O) groups is 1. The molecule has 0 saturated carbocycles. The Morgan fingerprint density at radius 3 is 2.81 bits per heavy atom. The van der Waals surface area contributed by atoms with Crippen LogP contribution in [0.5, 0.6) is 0 Å². The van der Waals surface area contributed by atoms with Crippen LogP contribution in [0.1, 0.15) is 36.8 Å². The number of urea groups is 1. The minimum Gasteiger partial charge on any atom is -0.396 e. The molecule has 1 aromatic carbocycles. The highest BCUT2D eigenvalue weighted by atomic mass is 16.3. The predicted molar refractivity (Wildman–Crippen MR) is 84.4 cm³/mol. The maximum Gasteiger partial charge on any atom is 0.317 e. The largest absolute Gasteiger partial charge is 0.396 e. The number of nitrogens with one attached hydrogen (secondary N) is 1. The first kappa shape index (κ1) is 15.8. The molecule has 4 nitrogen and oxygen atoms in total. The summed E-state index contributed by atoms with van der Waals surface area (Å²) in [6.07, 6.45) is 1.99. The van der Waals surface area contributed by atoms with Crippen LogP contribution in [0, 0.1) is 12.8 Å². The van der Waals surface area contributed by atoms with Gasteiger partial charge in [0.05, 0.1) is 0 Å². The average Bonchev–Trinajstić information content (AvgIpc) is 2.53. The van der Waals surface area contributed by atoms with Crippen LogP contribution in [0.15, 0.2) is 24.3 Å². The summed E-state index contributed by atoms with van der Waals surface area (Å²) in [6, 6.07) is 8.44. The Morgan fingerprint density at radius 2 is 2.14 bits per heavy atom. The van der Waals surface area contributed by atoms with Crippen molar-refractivity contribution in [3.05, 3.63) is 35.4 Å². The number of hydrogen-bond donors (Lipinski definition) is 2. The minimum atomic E-state index is -0.00730. The fourth-order valence-electron chi connectivity index (χ4n) is 2.76. The summed E-state index contributed by atoms with van der Waals surface area (Å²) in [5.41, 5.74) is 2.49. The molecule has 2 atom stereocenters. The van der Waals surface area contributed by atoms with E-state index >= 15 is 0 Å². The van der Waals surface area contributed by atoms with Crippen molar-refractivity contribution in [2.75, 3.05) is 26.2 Å². The lowest BCUT2D eigenvalue weighted by Crippen LogP contribution is -2.46. The second-order valence-electron chi connectivity index (χ2n) is 6.13. The fourth-order valence-corrected chi connectivity index (χ4v) is 2.76. The zero-order chi connectivity index (χ0) is 15.2. The second kappa shape index (κ2) is 7.46. The number of aliphatic hydroxyl groups excluding tert-OH is 1. The number of amides is 2. The molecule has 0 aliphatic carbocycles. The van der Waals surface area contributed by atoms with Crippen molar-refractivity contribution < 1.29 is 9.90 Å². The molecule has 1 aliphatic heterocycles. The summed E-state index contributed by atoms with van der Waals surface area (Å²) < 4.78 is 0. The van der Waals surface area contributed by atoms with Gasteiger partial charge in [0.2, 0.25) is 0 Å². The third-order valence-corrected chi connectivity index (χ3v) is 4.27. The van der Waals surface area contributed by atoms with Gasteiger partial charge >= 0.3 is 6.03 Å². The van der Waals surface area contributed by atoms with Gasteiger partial charge in [-0.2, -0.15) is 0 Å². The van der Waals surface area contributed by atoms with E-state index in [-0.39, 0.29) is 18.6 Å². The van der Waals surface area contributed by atoms with Crippen molar-refractivity contribution in [1.29, 1.82) is 0 Å². The number of hydrogen-bond acceptors (Lipinski definition) is 2. The number of likely N-dealkylation sites (tertiary alicyclic amines) is 1. The van der Waals surface area contributed by atoms with Gasteiger partial charge < -0.3 is 15.3 Å². The Morgan fingerprint density at radius 1 is 1.43 bits per heavy atom. The first-order valence-corrected chi connectivity index (χ1v) is 7.80. The van der Waals surface area contributed by atoms with Crippen molar-refractivity contribution >= 4 is 6.03 Å². The molecular weight excluding hydrogens is 264 g/mol. The zero-order valence-corrected chi connectivity index (χ0v) is 13.0. The Bertz CT molecular complexity index is 458.